The molecule has 0 aliphatic heterocycles. The number of carbonyl (C=O) groups excluding carboxylic acids is 2. The molecule has 8 heteroatoms. The van der Waals surface area contributed by atoms with Gasteiger partial charge >= 0.3 is 5.97 Å². The molecule has 32 heavy (non-hydrogen) atoms. The van der Waals surface area contributed by atoms with Crippen LogP contribution in [0.4, 0.5) is 0 Å². The average molecular weight is 449 g/mol. The van der Waals surface area contributed by atoms with Gasteiger partial charge in [0, 0.05) is 28.9 Å². The second-order valence-electron chi connectivity index (χ2n) is 7.54. The summed E-state index contributed by atoms with van der Waals surface area (Å²) in [6.45, 7) is 1.94. The van der Waals surface area contributed by atoms with Gasteiger partial charge in [0.05, 0.1) is 6.04 Å². The quantitative estimate of drug-likeness (QED) is 0.356. The van der Waals surface area contributed by atoms with Crippen LogP contribution >= 0.6 is 11.3 Å². The summed E-state index contributed by atoms with van der Waals surface area (Å²) >= 11 is 1.32. The van der Waals surface area contributed by atoms with Crippen molar-refractivity contribution in [3.63, 3.8) is 0 Å². The lowest BCUT2D eigenvalue weighted by molar-refractivity contribution is -0.147. The monoisotopic (exact) mass is 448 g/mol. The maximum Gasteiger partial charge on any atom is 0.329 e. The molecular weight excluding hydrogens is 424 g/mol. The van der Waals surface area contributed by atoms with Crippen molar-refractivity contribution < 1.29 is 14.3 Å². The number of carbonyl (C=O) groups is 2. The summed E-state index contributed by atoms with van der Waals surface area (Å²) in [6.07, 6.45) is 2.14. The minimum atomic E-state index is -0.870. The highest BCUT2D eigenvalue weighted by molar-refractivity contribution is 7.09. The van der Waals surface area contributed by atoms with Crippen LogP contribution in [0.2, 0.25) is 0 Å². The molecule has 4 aromatic rings. The first-order valence-corrected chi connectivity index (χ1v) is 11.2. The smallest absolute Gasteiger partial charge is 0.329 e. The molecule has 0 fully saturated rings. The number of H-pyrrole nitrogens is 1. The summed E-state index contributed by atoms with van der Waals surface area (Å²) in [4.78, 5) is 33.3. The Hall–Kier alpha value is -3.49. The fraction of sp³-hybridized carbons (Fsp3) is 0.208. The number of aromatic nitrogens is 2. The largest absolute Gasteiger partial charge is 0.459 e. The number of benzene rings is 2. The lowest BCUT2D eigenvalue weighted by Crippen LogP contribution is -2.43. The highest BCUT2D eigenvalue weighted by Gasteiger charge is 2.26. The van der Waals surface area contributed by atoms with Crippen LogP contribution in [-0.2, 0) is 22.6 Å². The number of nitrogens with one attached hydrogen (secondary N) is 2. The van der Waals surface area contributed by atoms with Crippen LogP contribution in [0.5, 0.6) is 0 Å². The van der Waals surface area contributed by atoms with E-state index < -0.39 is 17.9 Å². The third kappa shape index (κ3) is 5.04. The summed E-state index contributed by atoms with van der Waals surface area (Å²) in [6, 6.07) is 16.1. The van der Waals surface area contributed by atoms with E-state index in [0.717, 1.165) is 22.0 Å². The number of rotatable bonds is 8. The molecule has 1 amide bonds. The molecule has 2 heterocycles. The molecule has 4 N–H and O–H groups in total. The molecule has 0 aliphatic rings. The second kappa shape index (κ2) is 9.76. The number of hydrogen-bond acceptors (Lipinski definition) is 6. The van der Waals surface area contributed by atoms with Crippen molar-refractivity contribution in [3.8, 4) is 0 Å². The summed E-state index contributed by atoms with van der Waals surface area (Å²) in [5.41, 5.74) is 8.84. The second-order valence-corrected chi connectivity index (χ2v) is 8.43. The molecule has 4 rings (SSSR count). The fourth-order valence-corrected chi connectivity index (χ4v) is 4.13. The zero-order valence-corrected chi connectivity index (χ0v) is 18.4. The Kier molecular flexibility index (Phi) is 6.63. The molecule has 0 saturated heterocycles. The van der Waals surface area contributed by atoms with Gasteiger partial charge in [-0.15, -0.1) is 11.3 Å². The van der Waals surface area contributed by atoms with Gasteiger partial charge < -0.3 is 20.8 Å². The number of hydrogen-bond donors (Lipinski definition) is 3. The minimum absolute atomic E-state index is 0.130. The van der Waals surface area contributed by atoms with E-state index in [1.54, 1.807) is 12.3 Å². The van der Waals surface area contributed by atoms with E-state index in [9.17, 15) is 9.59 Å². The number of nitrogens with two attached hydrogens (primary N) is 1. The summed E-state index contributed by atoms with van der Waals surface area (Å²) in [5.74, 6) is -0.940. The van der Waals surface area contributed by atoms with E-state index in [1.165, 1.54) is 11.3 Å². The fourth-order valence-electron chi connectivity index (χ4n) is 3.38. The predicted octanol–water partition coefficient (Wildman–Crippen LogP) is 3.73. The number of thiazole rings is 1. The Morgan fingerprint density at radius 1 is 1.16 bits per heavy atom. The zero-order valence-electron chi connectivity index (χ0n) is 17.6. The van der Waals surface area contributed by atoms with Crippen molar-refractivity contribution in [1.29, 1.82) is 0 Å². The molecule has 0 saturated carbocycles. The lowest BCUT2D eigenvalue weighted by atomic mass is 10.0. The molecule has 7 nitrogen and oxygen atoms in total. The first kappa shape index (κ1) is 21.7. The number of nitrogens with zero attached hydrogens (tertiary/aromatic N) is 1. The molecule has 2 aromatic heterocycles. The molecule has 0 spiro atoms. The SMILES string of the molecule is CC(N)c1nc(C(=O)NC(Cc2c[nH]c3ccccc23)C(=O)OCc2ccccc2)cs1. The van der Waals surface area contributed by atoms with Gasteiger partial charge in [-0.2, -0.15) is 0 Å². The van der Waals surface area contributed by atoms with E-state index in [1.807, 2.05) is 60.8 Å². The first-order valence-electron chi connectivity index (χ1n) is 10.3. The van der Waals surface area contributed by atoms with Crippen molar-refractivity contribution >= 4 is 34.1 Å². The first-order chi connectivity index (χ1) is 15.5. The topological polar surface area (TPSA) is 110 Å². The Bertz CT molecular complexity index is 1220. The third-order valence-corrected chi connectivity index (χ3v) is 6.10. The number of ether oxygens (including phenoxy) is 1. The summed E-state index contributed by atoms with van der Waals surface area (Å²) < 4.78 is 5.53. The van der Waals surface area contributed by atoms with Crippen LogP contribution in [0.3, 0.4) is 0 Å². The van der Waals surface area contributed by atoms with Crippen molar-refractivity contribution in [2.75, 3.05) is 0 Å². The molecule has 0 bridgehead atoms. The van der Waals surface area contributed by atoms with E-state index in [0.29, 0.717) is 5.01 Å². The summed E-state index contributed by atoms with van der Waals surface area (Å²) in [7, 11) is 0. The maximum absolute atomic E-state index is 13.0. The highest BCUT2D eigenvalue weighted by Crippen LogP contribution is 2.20. The summed E-state index contributed by atoms with van der Waals surface area (Å²) in [5, 5.41) is 6.10. The Labute approximate surface area is 189 Å². The van der Waals surface area contributed by atoms with Gasteiger partial charge in [-0.1, -0.05) is 48.5 Å². The zero-order chi connectivity index (χ0) is 22.5. The van der Waals surface area contributed by atoms with Gasteiger partial charge in [-0.3, -0.25) is 4.79 Å². The van der Waals surface area contributed by atoms with Crippen molar-refractivity contribution in [2.45, 2.75) is 32.0 Å². The van der Waals surface area contributed by atoms with Crippen LogP contribution in [0, 0.1) is 0 Å². The Morgan fingerprint density at radius 3 is 2.66 bits per heavy atom. The van der Waals surface area contributed by atoms with Gasteiger partial charge in [-0.05, 0) is 24.1 Å². The van der Waals surface area contributed by atoms with E-state index in [4.69, 9.17) is 10.5 Å². The molecule has 2 unspecified atom stereocenters. The van der Waals surface area contributed by atoms with Crippen LogP contribution < -0.4 is 11.1 Å². The van der Waals surface area contributed by atoms with Crippen LogP contribution in [0.1, 0.15) is 39.6 Å². The van der Waals surface area contributed by atoms with Gasteiger partial charge in [0.25, 0.3) is 5.91 Å². The van der Waals surface area contributed by atoms with Crippen molar-refractivity contribution in [3.05, 3.63) is 88.0 Å². The highest BCUT2D eigenvalue weighted by atomic mass is 32.1. The van der Waals surface area contributed by atoms with Crippen molar-refractivity contribution in [1.82, 2.24) is 15.3 Å². The Morgan fingerprint density at radius 2 is 1.91 bits per heavy atom. The normalized spacial score (nSPS) is 12.9. The van der Waals surface area contributed by atoms with Crippen LogP contribution in [0.15, 0.2) is 66.2 Å². The molecule has 0 aliphatic carbocycles. The van der Waals surface area contributed by atoms with Crippen LogP contribution in [-0.4, -0.2) is 27.9 Å². The van der Waals surface area contributed by atoms with Gasteiger partial charge in [0.2, 0.25) is 0 Å². The van der Waals surface area contributed by atoms with E-state index >= 15 is 0 Å². The van der Waals surface area contributed by atoms with Gasteiger partial charge in [0.1, 0.15) is 23.4 Å². The lowest BCUT2D eigenvalue weighted by Gasteiger charge is -2.17. The molecule has 2 aromatic carbocycles. The standard InChI is InChI=1S/C24H24N4O3S/c1-15(25)23-28-21(14-32-23)22(29)27-20(24(30)31-13-16-7-3-2-4-8-16)11-17-12-26-19-10-6-5-9-18(17)19/h2-10,12,14-15,20,26H,11,13,25H2,1H3,(H,27,29). The number of esters is 1. The van der Waals surface area contributed by atoms with Gasteiger partial charge in [0.15, 0.2) is 0 Å². The number of para-hydroxylation sites is 1. The molecule has 2 atom stereocenters. The number of amides is 1. The van der Waals surface area contributed by atoms with E-state index in [2.05, 4.69) is 15.3 Å². The van der Waals surface area contributed by atoms with Gasteiger partial charge in [-0.25, -0.2) is 9.78 Å². The molecular formula is C24H24N4O3S. The van der Waals surface area contributed by atoms with Crippen LogP contribution in [0.25, 0.3) is 10.9 Å². The van der Waals surface area contributed by atoms with Crippen molar-refractivity contribution in [2.24, 2.45) is 5.73 Å². The maximum atomic E-state index is 13.0. The minimum Gasteiger partial charge on any atom is -0.459 e. The molecule has 0 radical (unpaired) electrons. The van der Waals surface area contributed by atoms with E-state index in [-0.39, 0.29) is 24.8 Å². The third-order valence-electron chi connectivity index (χ3n) is 5.06. The average Bonchev–Trinajstić information content (AvgIpc) is 3.46. The predicted molar refractivity (Wildman–Crippen MR) is 124 cm³/mol. The molecule has 164 valence electrons. The number of fused-ring (bicyclic) bond motifs is 1. The Balaban J connectivity index is 1.53. The number of aromatic amines is 1.